The maximum Gasteiger partial charge on any atom is 0.0577 e. The number of aliphatic hydroxyl groups excluding tert-OH is 1. The lowest BCUT2D eigenvalue weighted by Gasteiger charge is -2.18. The van der Waals surface area contributed by atoms with Gasteiger partial charge < -0.3 is 10.4 Å². The molecule has 0 bridgehead atoms. The Balaban J connectivity index is 2.18. The number of rotatable bonds is 3. The predicted octanol–water partition coefficient (Wildman–Crippen LogP) is 1.15. The van der Waals surface area contributed by atoms with Crippen molar-refractivity contribution in [2.75, 3.05) is 6.54 Å². The van der Waals surface area contributed by atoms with Gasteiger partial charge in [-0.1, -0.05) is 13.8 Å². The molecular formula is C9H19NO. The van der Waals surface area contributed by atoms with E-state index in [2.05, 4.69) is 19.2 Å². The van der Waals surface area contributed by atoms with E-state index in [0.29, 0.717) is 12.0 Å². The van der Waals surface area contributed by atoms with Crippen LogP contribution in [0, 0.1) is 5.92 Å². The number of hydrogen-bond donors (Lipinski definition) is 2. The van der Waals surface area contributed by atoms with E-state index in [4.69, 9.17) is 0 Å². The van der Waals surface area contributed by atoms with Crippen molar-refractivity contribution >= 4 is 0 Å². The van der Waals surface area contributed by atoms with Gasteiger partial charge in [0.2, 0.25) is 0 Å². The molecule has 0 radical (unpaired) electrons. The smallest absolute Gasteiger partial charge is 0.0577 e. The molecule has 2 nitrogen and oxygen atoms in total. The highest BCUT2D eigenvalue weighted by Gasteiger charge is 2.19. The molecule has 1 heterocycles. The van der Waals surface area contributed by atoms with Gasteiger partial charge in [0.1, 0.15) is 0 Å². The van der Waals surface area contributed by atoms with Crippen LogP contribution < -0.4 is 5.32 Å². The number of hydrogen-bond acceptors (Lipinski definition) is 2. The fraction of sp³-hybridized carbons (Fsp3) is 1.00. The van der Waals surface area contributed by atoms with E-state index >= 15 is 0 Å². The molecule has 66 valence electrons. The average Bonchev–Trinajstić information content (AvgIpc) is 2.39. The molecule has 2 atom stereocenters. The topological polar surface area (TPSA) is 32.3 Å². The van der Waals surface area contributed by atoms with Gasteiger partial charge in [0, 0.05) is 6.04 Å². The molecule has 0 aromatic rings. The molecule has 0 aliphatic carbocycles. The second-order valence-electron chi connectivity index (χ2n) is 3.84. The van der Waals surface area contributed by atoms with Crippen LogP contribution in [0.15, 0.2) is 0 Å². The van der Waals surface area contributed by atoms with Crippen molar-refractivity contribution in [1.82, 2.24) is 5.32 Å². The van der Waals surface area contributed by atoms with Crippen LogP contribution in [0.1, 0.15) is 33.1 Å². The largest absolute Gasteiger partial charge is 0.393 e. The van der Waals surface area contributed by atoms with E-state index in [1.807, 2.05) is 0 Å². The van der Waals surface area contributed by atoms with Crippen LogP contribution >= 0.6 is 0 Å². The minimum Gasteiger partial charge on any atom is -0.393 e. The zero-order valence-electron chi connectivity index (χ0n) is 7.51. The monoisotopic (exact) mass is 157 g/mol. The van der Waals surface area contributed by atoms with Crippen molar-refractivity contribution in [2.45, 2.75) is 45.3 Å². The Morgan fingerprint density at radius 1 is 1.55 bits per heavy atom. The van der Waals surface area contributed by atoms with Gasteiger partial charge in [-0.25, -0.2) is 0 Å². The third-order valence-corrected chi connectivity index (χ3v) is 2.46. The minimum absolute atomic E-state index is 0.120. The van der Waals surface area contributed by atoms with Crippen molar-refractivity contribution in [1.29, 1.82) is 0 Å². The molecule has 0 saturated carbocycles. The molecule has 1 aliphatic heterocycles. The van der Waals surface area contributed by atoms with Gasteiger partial charge in [-0.2, -0.15) is 0 Å². The van der Waals surface area contributed by atoms with Gasteiger partial charge in [0.05, 0.1) is 6.10 Å². The molecule has 1 aliphatic rings. The molecule has 1 saturated heterocycles. The normalized spacial score (nSPS) is 27.8. The van der Waals surface area contributed by atoms with Crippen LogP contribution in [0.25, 0.3) is 0 Å². The summed E-state index contributed by atoms with van der Waals surface area (Å²) >= 11 is 0. The maximum absolute atomic E-state index is 9.55. The van der Waals surface area contributed by atoms with Gasteiger partial charge >= 0.3 is 0 Å². The zero-order chi connectivity index (χ0) is 8.27. The van der Waals surface area contributed by atoms with Crippen LogP contribution in [-0.2, 0) is 0 Å². The Kier molecular flexibility index (Phi) is 3.34. The first kappa shape index (κ1) is 9.01. The van der Waals surface area contributed by atoms with Gasteiger partial charge in [0.25, 0.3) is 0 Å². The Hall–Kier alpha value is -0.0800. The first-order valence-electron chi connectivity index (χ1n) is 4.61. The van der Waals surface area contributed by atoms with Gasteiger partial charge in [-0.05, 0) is 31.7 Å². The van der Waals surface area contributed by atoms with Crippen molar-refractivity contribution in [2.24, 2.45) is 5.92 Å². The average molecular weight is 157 g/mol. The van der Waals surface area contributed by atoms with Gasteiger partial charge in [0.15, 0.2) is 0 Å². The lowest BCUT2D eigenvalue weighted by atomic mass is 9.99. The number of aliphatic hydroxyl groups is 1. The lowest BCUT2D eigenvalue weighted by Crippen LogP contribution is -2.29. The van der Waals surface area contributed by atoms with Crippen molar-refractivity contribution in [3.8, 4) is 0 Å². The molecule has 1 fully saturated rings. The molecule has 11 heavy (non-hydrogen) atoms. The second-order valence-corrected chi connectivity index (χ2v) is 3.84. The summed E-state index contributed by atoms with van der Waals surface area (Å²) in [6.07, 6.45) is 3.32. The molecule has 2 N–H and O–H groups in total. The highest BCUT2D eigenvalue weighted by molar-refractivity contribution is 4.77. The van der Waals surface area contributed by atoms with Crippen LogP contribution in [0.3, 0.4) is 0 Å². The van der Waals surface area contributed by atoms with Crippen LogP contribution in [0.4, 0.5) is 0 Å². The summed E-state index contributed by atoms with van der Waals surface area (Å²) in [6, 6.07) is 0.576. The van der Waals surface area contributed by atoms with E-state index < -0.39 is 0 Å². The Labute approximate surface area is 69.0 Å². The Morgan fingerprint density at radius 2 is 2.27 bits per heavy atom. The minimum atomic E-state index is -0.120. The van der Waals surface area contributed by atoms with Crippen LogP contribution in [-0.4, -0.2) is 23.8 Å². The standard InChI is InChI=1S/C9H19NO/c1-7(2)9(11)6-8-4-3-5-10-8/h7-11H,3-6H2,1-2H3. The van der Waals surface area contributed by atoms with Crippen LogP contribution in [0.5, 0.6) is 0 Å². The fourth-order valence-corrected chi connectivity index (χ4v) is 1.52. The summed E-state index contributed by atoms with van der Waals surface area (Å²) in [5.74, 6) is 0.400. The fourth-order valence-electron chi connectivity index (χ4n) is 1.52. The van der Waals surface area contributed by atoms with Crippen molar-refractivity contribution in [3.05, 3.63) is 0 Å². The van der Waals surface area contributed by atoms with Crippen molar-refractivity contribution < 1.29 is 5.11 Å². The van der Waals surface area contributed by atoms with Gasteiger partial charge in [-0.3, -0.25) is 0 Å². The Morgan fingerprint density at radius 3 is 2.73 bits per heavy atom. The van der Waals surface area contributed by atoms with E-state index in [1.54, 1.807) is 0 Å². The maximum atomic E-state index is 9.55. The highest BCUT2D eigenvalue weighted by atomic mass is 16.3. The summed E-state index contributed by atoms with van der Waals surface area (Å²) in [6.45, 7) is 5.27. The molecule has 0 amide bonds. The summed E-state index contributed by atoms with van der Waals surface area (Å²) in [5, 5.41) is 12.9. The summed E-state index contributed by atoms with van der Waals surface area (Å²) in [7, 11) is 0. The summed E-state index contributed by atoms with van der Waals surface area (Å²) in [5.41, 5.74) is 0. The lowest BCUT2D eigenvalue weighted by molar-refractivity contribution is 0.106. The third kappa shape index (κ3) is 2.80. The van der Waals surface area contributed by atoms with Gasteiger partial charge in [-0.15, -0.1) is 0 Å². The third-order valence-electron chi connectivity index (χ3n) is 2.46. The van der Waals surface area contributed by atoms with Crippen molar-refractivity contribution in [3.63, 3.8) is 0 Å². The first-order chi connectivity index (χ1) is 5.20. The quantitative estimate of drug-likeness (QED) is 0.644. The summed E-state index contributed by atoms with van der Waals surface area (Å²) < 4.78 is 0. The van der Waals surface area contributed by atoms with E-state index in [-0.39, 0.29) is 6.10 Å². The first-order valence-corrected chi connectivity index (χ1v) is 4.61. The van der Waals surface area contributed by atoms with E-state index in [1.165, 1.54) is 12.8 Å². The SMILES string of the molecule is CC(C)C(O)CC1CCCN1. The van der Waals surface area contributed by atoms with E-state index in [0.717, 1.165) is 13.0 Å². The number of nitrogens with one attached hydrogen (secondary N) is 1. The van der Waals surface area contributed by atoms with E-state index in [9.17, 15) is 5.11 Å². The summed E-state index contributed by atoms with van der Waals surface area (Å²) in [4.78, 5) is 0. The Bertz CT molecular complexity index is 108. The molecule has 2 unspecified atom stereocenters. The zero-order valence-corrected chi connectivity index (χ0v) is 7.51. The molecule has 0 aromatic carbocycles. The molecule has 2 heteroatoms. The highest BCUT2D eigenvalue weighted by Crippen LogP contribution is 2.14. The predicted molar refractivity (Wildman–Crippen MR) is 46.5 cm³/mol. The molecule has 1 rings (SSSR count). The van der Waals surface area contributed by atoms with Crippen LogP contribution in [0.2, 0.25) is 0 Å². The molecule has 0 spiro atoms. The molecular weight excluding hydrogens is 138 g/mol. The second kappa shape index (κ2) is 4.07. The molecule has 0 aromatic heterocycles.